The molecule has 0 aliphatic rings. The van der Waals surface area contributed by atoms with Crippen molar-refractivity contribution in [1.29, 1.82) is 0 Å². The minimum absolute atomic E-state index is 0.0960. The Balaban J connectivity index is -0.000000253. The van der Waals surface area contributed by atoms with Gasteiger partial charge in [0.15, 0.2) is 0 Å². The summed E-state index contributed by atoms with van der Waals surface area (Å²) in [5.41, 5.74) is 0. The molecular formula is C34H66O6S3Sn. The standard InChI is InChI=1S/3C10H20O2S.C4H9.Sn/c3*1-2-3-4-5-6-7-10(11)12-8-9-13;1-3-4-2;/h3*13H,2-9H2,1H3;1,3-4H2,2H3;/q;;;;+3/p-3. The molecule has 0 saturated heterocycles. The molecular weight excluding hydrogens is 719 g/mol. The monoisotopic (exact) mass is 786 g/mol. The van der Waals surface area contributed by atoms with Crippen LogP contribution in [0.15, 0.2) is 0 Å². The van der Waals surface area contributed by atoms with Crippen LogP contribution < -0.4 is 0 Å². The number of esters is 3. The number of hydrogen-bond donors (Lipinski definition) is 0. The van der Waals surface area contributed by atoms with Gasteiger partial charge in [-0.3, -0.25) is 14.4 Å². The van der Waals surface area contributed by atoms with E-state index in [9.17, 15) is 14.4 Å². The van der Waals surface area contributed by atoms with Crippen molar-refractivity contribution in [1.82, 2.24) is 0 Å². The van der Waals surface area contributed by atoms with Crippen molar-refractivity contribution in [3.8, 4) is 0 Å². The first-order valence-corrected chi connectivity index (χ1v) is 20.9. The Morgan fingerprint density at radius 1 is 0.432 bits per heavy atom. The SMILES string of the molecule is CCCCCCCC(=O)OCC[S-].CCCCCCCC(=O)OCC[S-].CCCCCCCC(=O)OCC[S-].CCC[CH2][Sn+3]. The summed E-state index contributed by atoms with van der Waals surface area (Å²) in [5, 5.41) is 0. The van der Waals surface area contributed by atoms with E-state index in [-0.39, 0.29) is 17.9 Å². The summed E-state index contributed by atoms with van der Waals surface area (Å²) in [6.45, 7) is 9.94. The van der Waals surface area contributed by atoms with Gasteiger partial charge in [0.1, 0.15) is 0 Å². The van der Waals surface area contributed by atoms with E-state index >= 15 is 0 Å². The Hall–Kier alpha value is 0.259. The van der Waals surface area contributed by atoms with Crippen molar-refractivity contribution in [3.05, 3.63) is 0 Å². The maximum absolute atomic E-state index is 11.0. The van der Waals surface area contributed by atoms with E-state index in [0.29, 0.717) is 56.3 Å². The van der Waals surface area contributed by atoms with Gasteiger partial charge in [0.25, 0.3) is 0 Å². The van der Waals surface area contributed by atoms with Crippen LogP contribution in [-0.2, 0) is 66.5 Å². The molecule has 0 aromatic heterocycles. The van der Waals surface area contributed by atoms with E-state index < -0.39 is 0 Å². The van der Waals surface area contributed by atoms with E-state index in [0.717, 1.165) is 38.5 Å². The topological polar surface area (TPSA) is 78.9 Å². The normalized spacial score (nSPS) is 9.84. The molecule has 0 amide bonds. The summed E-state index contributed by atoms with van der Waals surface area (Å²) in [4.78, 5) is 32.9. The molecule has 0 unspecified atom stereocenters. The maximum atomic E-state index is 11.0. The minimum atomic E-state index is -0.0960. The summed E-state index contributed by atoms with van der Waals surface area (Å²) in [6, 6.07) is 0. The molecule has 44 heavy (non-hydrogen) atoms. The molecule has 0 heterocycles. The molecule has 0 radical (unpaired) electrons. The molecule has 0 saturated carbocycles. The summed E-state index contributed by atoms with van der Waals surface area (Å²) < 4.78 is 16.0. The van der Waals surface area contributed by atoms with E-state index in [2.05, 4.69) is 65.6 Å². The summed E-state index contributed by atoms with van der Waals surface area (Å²) in [6.07, 6.45) is 21.9. The van der Waals surface area contributed by atoms with E-state index in [1.807, 2.05) is 0 Å². The second kappa shape index (κ2) is 50.1. The Kier molecular flexibility index (Phi) is 58.2. The Morgan fingerprint density at radius 2 is 0.682 bits per heavy atom. The van der Waals surface area contributed by atoms with E-state index in [4.69, 9.17) is 14.2 Å². The molecule has 0 aromatic rings. The Labute approximate surface area is 302 Å². The third-order valence-electron chi connectivity index (χ3n) is 6.02. The van der Waals surface area contributed by atoms with Crippen molar-refractivity contribution in [3.63, 3.8) is 0 Å². The molecule has 0 aliphatic carbocycles. The molecule has 0 bridgehead atoms. The average Bonchev–Trinajstić information content (AvgIpc) is 3.02. The van der Waals surface area contributed by atoms with Gasteiger partial charge in [0.05, 0.1) is 19.8 Å². The van der Waals surface area contributed by atoms with Gasteiger partial charge in [0, 0.05) is 19.3 Å². The first kappa shape index (κ1) is 51.1. The van der Waals surface area contributed by atoms with E-state index in [1.54, 1.807) is 22.5 Å². The van der Waals surface area contributed by atoms with Crippen LogP contribution in [0.1, 0.15) is 156 Å². The fourth-order valence-corrected chi connectivity index (χ4v) is 4.74. The van der Waals surface area contributed by atoms with Crippen molar-refractivity contribution >= 4 is 78.3 Å². The third-order valence-corrected chi connectivity index (χ3v) is 7.53. The zero-order valence-electron chi connectivity index (χ0n) is 28.8. The molecule has 0 spiro atoms. The van der Waals surface area contributed by atoms with Crippen LogP contribution in [0, 0.1) is 0 Å². The van der Waals surface area contributed by atoms with Gasteiger partial charge in [-0.15, -0.1) is 17.3 Å². The fraction of sp³-hybridized carbons (Fsp3) is 0.912. The second-order valence-electron chi connectivity index (χ2n) is 10.4. The van der Waals surface area contributed by atoms with Crippen LogP contribution in [-0.4, -0.2) is 77.5 Å². The molecule has 0 N–H and O–H groups in total. The molecule has 0 rings (SSSR count). The second-order valence-corrected chi connectivity index (χ2v) is 13.0. The number of carbonyl (C=O) groups excluding carboxylic acids is 3. The van der Waals surface area contributed by atoms with Crippen LogP contribution in [0.2, 0.25) is 4.44 Å². The quantitative estimate of drug-likeness (QED) is 0.0282. The summed E-state index contributed by atoms with van der Waals surface area (Å²) >= 11 is 15.7. The van der Waals surface area contributed by atoms with Crippen molar-refractivity contribution in [2.75, 3.05) is 37.1 Å². The number of carbonyl (C=O) groups is 3. The summed E-state index contributed by atoms with van der Waals surface area (Å²) in [5.74, 6) is 1.22. The zero-order valence-corrected chi connectivity index (χ0v) is 34.1. The Morgan fingerprint density at radius 3 is 0.864 bits per heavy atom. The fourth-order valence-electron chi connectivity index (χ4n) is 3.48. The van der Waals surface area contributed by atoms with Crippen LogP contribution in [0.4, 0.5) is 0 Å². The Bertz CT molecular complexity index is 498. The number of rotatable bonds is 26. The van der Waals surface area contributed by atoms with Crippen LogP contribution in [0.25, 0.3) is 0 Å². The number of hydrogen-bond acceptors (Lipinski definition) is 9. The molecule has 6 nitrogen and oxygen atoms in total. The molecule has 0 fully saturated rings. The number of unbranched alkanes of at least 4 members (excludes halogenated alkanes) is 13. The summed E-state index contributed by atoms with van der Waals surface area (Å²) in [7, 11) is 0. The van der Waals surface area contributed by atoms with Gasteiger partial charge in [-0.1, -0.05) is 97.8 Å². The van der Waals surface area contributed by atoms with Crippen molar-refractivity contribution in [2.45, 2.75) is 161 Å². The van der Waals surface area contributed by atoms with Gasteiger partial charge < -0.3 is 52.1 Å². The van der Waals surface area contributed by atoms with Gasteiger partial charge in [-0.2, -0.15) is 0 Å². The van der Waals surface area contributed by atoms with Gasteiger partial charge >= 0.3 is 64.6 Å². The van der Waals surface area contributed by atoms with Crippen molar-refractivity contribution in [2.24, 2.45) is 0 Å². The molecule has 0 atom stereocenters. The van der Waals surface area contributed by atoms with Gasteiger partial charge in [-0.05, 0) is 19.3 Å². The van der Waals surface area contributed by atoms with Crippen LogP contribution in [0.3, 0.4) is 0 Å². The van der Waals surface area contributed by atoms with Gasteiger partial charge in [0.2, 0.25) is 0 Å². The van der Waals surface area contributed by atoms with Crippen molar-refractivity contribution < 1.29 is 28.6 Å². The first-order valence-electron chi connectivity index (χ1n) is 17.2. The average molecular weight is 786 g/mol. The first-order chi connectivity index (χ1) is 21.3. The van der Waals surface area contributed by atoms with Gasteiger partial charge in [-0.25, -0.2) is 0 Å². The molecule has 0 aromatic carbocycles. The van der Waals surface area contributed by atoms with E-state index in [1.165, 1.54) is 75.1 Å². The molecule has 0 aliphatic heterocycles. The molecule has 260 valence electrons. The third kappa shape index (κ3) is 57.9. The predicted molar refractivity (Wildman–Crippen MR) is 195 cm³/mol. The van der Waals surface area contributed by atoms with Crippen LogP contribution in [0.5, 0.6) is 0 Å². The zero-order chi connectivity index (χ0) is 33.9. The predicted octanol–water partition coefficient (Wildman–Crippen LogP) is 8.68. The van der Waals surface area contributed by atoms with Crippen LogP contribution >= 0.6 is 0 Å². The number of ether oxygens (including phenoxy) is 3. The molecule has 10 heteroatoms.